The molecule has 0 aliphatic carbocycles. The summed E-state index contributed by atoms with van der Waals surface area (Å²) in [5, 5.41) is 3.31. The highest BCUT2D eigenvalue weighted by atomic mass is 16.5. The fourth-order valence-corrected chi connectivity index (χ4v) is 1.58. The third kappa shape index (κ3) is 6.22. The van der Waals surface area contributed by atoms with Crippen molar-refractivity contribution in [2.24, 2.45) is 5.41 Å². The van der Waals surface area contributed by atoms with Crippen molar-refractivity contribution in [1.82, 2.24) is 9.97 Å². The van der Waals surface area contributed by atoms with Gasteiger partial charge in [0.1, 0.15) is 11.6 Å². The summed E-state index contributed by atoms with van der Waals surface area (Å²) >= 11 is 0. The van der Waals surface area contributed by atoms with E-state index in [9.17, 15) is 0 Å². The number of hydrogen-bond donors (Lipinski definition) is 1. The van der Waals surface area contributed by atoms with Gasteiger partial charge < -0.3 is 10.1 Å². The average Bonchev–Trinajstić information content (AvgIpc) is 2.34. The van der Waals surface area contributed by atoms with Gasteiger partial charge >= 0.3 is 0 Å². The van der Waals surface area contributed by atoms with Gasteiger partial charge in [-0.05, 0) is 18.3 Å². The van der Waals surface area contributed by atoms with Gasteiger partial charge in [0.25, 0.3) is 0 Å². The molecule has 1 rings (SSSR count). The summed E-state index contributed by atoms with van der Waals surface area (Å²) in [7, 11) is 0. The van der Waals surface area contributed by atoms with Gasteiger partial charge in [0.05, 0.1) is 6.61 Å². The maximum absolute atomic E-state index is 5.80. The molecule has 1 N–H and O–H groups in total. The molecule has 0 aliphatic heterocycles. The Morgan fingerprint density at radius 3 is 2.50 bits per heavy atom. The zero-order valence-corrected chi connectivity index (χ0v) is 13.8. The molecule has 0 spiro atoms. The van der Waals surface area contributed by atoms with Crippen LogP contribution in [0.2, 0.25) is 0 Å². The lowest BCUT2D eigenvalue weighted by atomic mass is 9.93. The van der Waals surface area contributed by atoms with Gasteiger partial charge in [0.15, 0.2) is 0 Å². The van der Waals surface area contributed by atoms with Crippen molar-refractivity contribution < 1.29 is 4.74 Å². The van der Waals surface area contributed by atoms with Crippen LogP contribution in [-0.2, 0) is 0 Å². The lowest BCUT2D eigenvalue weighted by molar-refractivity contribution is 0.235. The second-order valence-electron chi connectivity index (χ2n) is 6.69. The van der Waals surface area contributed by atoms with E-state index < -0.39 is 0 Å². The summed E-state index contributed by atoms with van der Waals surface area (Å²) in [5.74, 6) is 2.66. The quantitative estimate of drug-likeness (QED) is 0.811. The number of rotatable bonds is 7. The van der Waals surface area contributed by atoms with Crippen molar-refractivity contribution in [3.8, 4) is 5.88 Å². The van der Waals surface area contributed by atoms with Crippen molar-refractivity contribution in [3.63, 3.8) is 0 Å². The van der Waals surface area contributed by atoms with Gasteiger partial charge in [-0.1, -0.05) is 41.5 Å². The third-order valence-electron chi connectivity index (χ3n) is 2.89. The Hall–Kier alpha value is -1.32. The monoisotopic (exact) mass is 279 g/mol. The average molecular weight is 279 g/mol. The Morgan fingerprint density at radius 1 is 1.25 bits per heavy atom. The molecule has 0 amide bonds. The standard InChI is InChI=1S/C16H29N3O/c1-7-9-17-13-11-14(19-15(18-13)12(2)3)20-10-8-16(4,5)6/h11-12H,7-10H2,1-6H3,(H,17,18,19). The normalized spacial score (nSPS) is 11.8. The van der Waals surface area contributed by atoms with Crippen LogP contribution in [0.5, 0.6) is 5.88 Å². The van der Waals surface area contributed by atoms with Crippen LogP contribution in [0, 0.1) is 5.41 Å². The molecule has 0 saturated heterocycles. The zero-order valence-electron chi connectivity index (χ0n) is 13.8. The van der Waals surface area contributed by atoms with Crippen LogP contribution in [0.4, 0.5) is 5.82 Å². The van der Waals surface area contributed by atoms with Crippen molar-refractivity contribution in [1.29, 1.82) is 0 Å². The minimum Gasteiger partial charge on any atom is -0.478 e. The fraction of sp³-hybridized carbons (Fsp3) is 0.750. The van der Waals surface area contributed by atoms with Crippen molar-refractivity contribution in [3.05, 3.63) is 11.9 Å². The molecule has 4 heteroatoms. The molecule has 0 saturated carbocycles. The van der Waals surface area contributed by atoms with Gasteiger partial charge in [-0.3, -0.25) is 0 Å². The molecule has 20 heavy (non-hydrogen) atoms. The molecule has 0 radical (unpaired) electrons. The summed E-state index contributed by atoms with van der Waals surface area (Å²) in [6.07, 6.45) is 2.08. The maximum atomic E-state index is 5.80. The Kier molecular flexibility index (Phi) is 6.24. The molecular formula is C16H29N3O. The molecule has 1 aromatic heterocycles. The fourth-order valence-electron chi connectivity index (χ4n) is 1.58. The topological polar surface area (TPSA) is 47.0 Å². The largest absolute Gasteiger partial charge is 0.478 e. The molecule has 4 nitrogen and oxygen atoms in total. The van der Waals surface area contributed by atoms with Crippen molar-refractivity contribution in [2.45, 2.75) is 60.3 Å². The number of nitrogens with one attached hydrogen (secondary N) is 1. The van der Waals surface area contributed by atoms with E-state index in [0.717, 1.165) is 31.0 Å². The van der Waals surface area contributed by atoms with Crippen LogP contribution in [0.25, 0.3) is 0 Å². The first-order valence-electron chi connectivity index (χ1n) is 7.57. The highest BCUT2D eigenvalue weighted by molar-refractivity contribution is 5.38. The number of aromatic nitrogens is 2. The second kappa shape index (κ2) is 7.46. The van der Waals surface area contributed by atoms with Crippen LogP contribution < -0.4 is 10.1 Å². The maximum Gasteiger partial charge on any atom is 0.218 e. The van der Waals surface area contributed by atoms with E-state index >= 15 is 0 Å². The van der Waals surface area contributed by atoms with E-state index in [2.05, 4.69) is 56.8 Å². The lowest BCUT2D eigenvalue weighted by Crippen LogP contribution is -2.13. The predicted octanol–water partition coefficient (Wildman–Crippen LogP) is 4.24. The van der Waals surface area contributed by atoms with Gasteiger partial charge in [-0.15, -0.1) is 0 Å². The number of anilines is 1. The van der Waals surface area contributed by atoms with E-state index in [-0.39, 0.29) is 5.41 Å². The van der Waals surface area contributed by atoms with E-state index in [1.807, 2.05) is 6.07 Å². The van der Waals surface area contributed by atoms with Crippen LogP contribution in [0.1, 0.15) is 66.1 Å². The highest BCUT2D eigenvalue weighted by Crippen LogP contribution is 2.21. The summed E-state index contributed by atoms with van der Waals surface area (Å²) in [6.45, 7) is 14.6. The molecule has 0 atom stereocenters. The SMILES string of the molecule is CCCNc1cc(OCCC(C)(C)C)nc(C(C)C)n1. The van der Waals surface area contributed by atoms with E-state index in [1.165, 1.54) is 0 Å². The lowest BCUT2D eigenvalue weighted by Gasteiger charge is -2.18. The highest BCUT2D eigenvalue weighted by Gasteiger charge is 2.12. The third-order valence-corrected chi connectivity index (χ3v) is 2.89. The minimum absolute atomic E-state index is 0.275. The molecule has 0 aromatic carbocycles. The number of ether oxygens (including phenoxy) is 1. The molecule has 1 heterocycles. The predicted molar refractivity (Wildman–Crippen MR) is 84.5 cm³/mol. The first kappa shape index (κ1) is 16.7. The van der Waals surface area contributed by atoms with Crippen LogP contribution in [0.3, 0.4) is 0 Å². The summed E-state index contributed by atoms with van der Waals surface area (Å²) in [6, 6.07) is 1.89. The number of hydrogen-bond acceptors (Lipinski definition) is 4. The van der Waals surface area contributed by atoms with Gasteiger partial charge in [0, 0.05) is 18.5 Å². The van der Waals surface area contributed by atoms with Gasteiger partial charge in [-0.25, -0.2) is 4.98 Å². The molecule has 114 valence electrons. The van der Waals surface area contributed by atoms with Gasteiger partial charge in [0.2, 0.25) is 5.88 Å². The molecule has 1 aromatic rings. The van der Waals surface area contributed by atoms with Crippen molar-refractivity contribution in [2.75, 3.05) is 18.5 Å². The van der Waals surface area contributed by atoms with Crippen LogP contribution in [-0.4, -0.2) is 23.1 Å². The molecule has 0 aliphatic rings. The smallest absolute Gasteiger partial charge is 0.218 e. The molecule has 0 fully saturated rings. The molecule has 0 unspecified atom stereocenters. The Labute approximate surface area is 123 Å². The zero-order chi connectivity index (χ0) is 15.2. The number of nitrogens with zero attached hydrogens (tertiary/aromatic N) is 2. The summed E-state index contributed by atoms with van der Waals surface area (Å²) in [4.78, 5) is 9.01. The first-order valence-corrected chi connectivity index (χ1v) is 7.57. The second-order valence-corrected chi connectivity index (χ2v) is 6.69. The Bertz CT molecular complexity index is 411. The summed E-state index contributed by atoms with van der Waals surface area (Å²) < 4.78 is 5.80. The Balaban J connectivity index is 2.75. The summed E-state index contributed by atoms with van der Waals surface area (Å²) in [5.41, 5.74) is 0.275. The molecular weight excluding hydrogens is 250 g/mol. The van der Waals surface area contributed by atoms with E-state index in [4.69, 9.17) is 4.74 Å². The van der Waals surface area contributed by atoms with Gasteiger partial charge in [-0.2, -0.15) is 4.98 Å². The van der Waals surface area contributed by atoms with Crippen LogP contribution in [0.15, 0.2) is 6.07 Å². The van der Waals surface area contributed by atoms with E-state index in [0.29, 0.717) is 18.4 Å². The van der Waals surface area contributed by atoms with E-state index in [1.54, 1.807) is 0 Å². The molecule has 0 bridgehead atoms. The minimum atomic E-state index is 0.275. The Morgan fingerprint density at radius 2 is 1.95 bits per heavy atom. The first-order chi connectivity index (χ1) is 9.31. The van der Waals surface area contributed by atoms with Crippen molar-refractivity contribution >= 4 is 5.82 Å². The van der Waals surface area contributed by atoms with Crippen LogP contribution >= 0.6 is 0 Å².